The Bertz CT molecular complexity index is 440. The highest BCUT2D eigenvalue weighted by atomic mass is 15.2. The molecule has 0 aliphatic carbocycles. The summed E-state index contributed by atoms with van der Waals surface area (Å²) in [7, 11) is 0. The van der Waals surface area contributed by atoms with E-state index in [1.165, 1.54) is 22.4 Å². The van der Waals surface area contributed by atoms with Crippen LogP contribution in [-0.4, -0.2) is 11.4 Å². The van der Waals surface area contributed by atoms with E-state index >= 15 is 0 Å². The molecule has 14 heavy (non-hydrogen) atoms. The van der Waals surface area contributed by atoms with Crippen LogP contribution in [0.25, 0.3) is 5.70 Å². The lowest BCUT2D eigenvalue weighted by molar-refractivity contribution is 0.448. The Balaban J connectivity index is 2.23. The summed E-state index contributed by atoms with van der Waals surface area (Å²) in [5.74, 6) is 0. The number of rotatable bonds is 0. The summed E-state index contributed by atoms with van der Waals surface area (Å²) in [6, 6.07) is 8.71. The Morgan fingerprint density at radius 1 is 1.21 bits per heavy atom. The standard InChI is InChI=1S/C13H13N/c1-10-5-4-8-14-9-11-6-2-3-7-12(11)13(10)14/h2-7H,8-9H2,1H3. The quantitative estimate of drug-likeness (QED) is 0.598. The molecule has 3 rings (SSSR count). The highest BCUT2D eigenvalue weighted by molar-refractivity contribution is 5.75. The number of allylic oxidation sites excluding steroid dienone is 2. The molecule has 0 atom stereocenters. The number of benzene rings is 1. The summed E-state index contributed by atoms with van der Waals surface area (Å²) in [5, 5.41) is 0. The molecule has 1 nitrogen and oxygen atoms in total. The van der Waals surface area contributed by atoms with E-state index in [4.69, 9.17) is 0 Å². The number of hydrogen-bond donors (Lipinski definition) is 0. The molecule has 0 saturated carbocycles. The largest absolute Gasteiger partial charge is 0.363 e. The van der Waals surface area contributed by atoms with Crippen LogP contribution in [0.3, 0.4) is 0 Å². The molecule has 0 radical (unpaired) electrons. The zero-order valence-corrected chi connectivity index (χ0v) is 8.33. The molecule has 2 heterocycles. The van der Waals surface area contributed by atoms with Crippen molar-refractivity contribution in [3.05, 3.63) is 53.1 Å². The van der Waals surface area contributed by atoms with E-state index in [0.29, 0.717) is 0 Å². The molecule has 2 aliphatic heterocycles. The van der Waals surface area contributed by atoms with Crippen LogP contribution in [0.1, 0.15) is 18.1 Å². The number of nitrogens with zero attached hydrogens (tertiary/aromatic N) is 1. The van der Waals surface area contributed by atoms with Crippen molar-refractivity contribution in [3.8, 4) is 0 Å². The minimum absolute atomic E-state index is 1.06. The van der Waals surface area contributed by atoms with Crippen molar-refractivity contribution in [1.82, 2.24) is 4.90 Å². The van der Waals surface area contributed by atoms with Crippen molar-refractivity contribution in [1.29, 1.82) is 0 Å². The van der Waals surface area contributed by atoms with Crippen molar-refractivity contribution < 1.29 is 0 Å². The Morgan fingerprint density at radius 2 is 2.07 bits per heavy atom. The van der Waals surface area contributed by atoms with Gasteiger partial charge in [0.15, 0.2) is 0 Å². The molecule has 0 amide bonds. The molecule has 0 aromatic heterocycles. The van der Waals surface area contributed by atoms with Crippen LogP contribution in [0.15, 0.2) is 42.0 Å². The molecule has 1 aromatic carbocycles. The second-order valence-electron chi connectivity index (χ2n) is 3.97. The van der Waals surface area contributed by atoms with Crippen molar-refractivity contribution in [3.63, 3.8) is 0 Å². The van der Waals surface area contributed by atoms with Crippen molar-refractivity contribution in [2.75, 3.05) is 6.54 Å². The molecule has 0 saturated heterocycles. The third kappa shape index (κ3) is 0.955. The van der Waals surface area contributed by atoms with Crippen LogP contribution in [-0.2, 0) is 6.54 Å². The Hall–Kier alpha value is -1.50. The van der Waals surface area contributed by atoms with Gasteiger partial charge < -0.3 is 4.90 Å². The molecular weight excluding hydrogens is 170 g/mol. The summed E-state index contributed by atoms with van der Waals surface area (Å²) < 4.78 is 0. The van der Waals surface area contributed by atoms with Gasteiger partial charge in [0.1, 0.15) is 0 Å². The highest BCUT2D eigenvalue weighted by Gasteiger charge is 2.25. The van der Waals surface area contributed by atoms with Gasteiger partial charge in [-0.1, -0.05) is 36.4 Å². The molecule has 0 fully saturated rings. The van der Waals surface area contributed by atoms with Gasteiger partial charge in [0.2, 0.25) is 0 Å². The minimum Gasteiger partial charge on any atom is -0.363 e. The first-order chi connectivity index (χ1) is 6.86. The molecule has 0 unspecified atom stereocenters. The Kier molecular flexibility index (Phi) is 1.54. The minimum atomic E-state index is 1.06. The van der Waals surface area contributed by atoms with Gasteiger partial charge in [-0.05, 0) is 18.1 Å². The van der Waals surface area contributed by atoms with E-state index in [1.807, 2.05) is 0 Å². The average Bonchev–Trinajstić information content (AvgIpc) is 2.57. The SMILES string of the molecule is CC1=C2c3ccccc3CN2CC=C1. The monoisotopic (exact) mass is 183 g/mol. The van der Waals surface area contributed by atoms with Gasteiger partial charge in [0, 0.05) is 24.4 Å². The predicted molar refractivity (Wildman–Crippen MR) is 58.6 cm³/mol. The fourth-order valence-corrected chi connectivity index (χ4v) is 2.40. The normalized spacial score (nSPS) is 18.5. The van der Waals surface area contributed by atoms with Crippen molar-refractivity contribution >= 4 is 5.70 Å². The van der Waals surface area contributed by atoms with Crippen LogP contribution in [0.5, 0.6) is 0 Å². The van der Waals surface area contributed by atoms with Gasteiger partial charge in [0.05, 0.1) is 0 Å². The summed E-state index contributed by atoms with van der Waals surface area (Å²) in [6.07, 6.45) is 4.47. The maximum Gasteiger partial charge on any atom is 0.0478 e. The molecule has 1 aromatic rings. The van der Waals surface area contributed by atoms with E-state index in [9.17, 15) is 0 Å². The first kappa shape index (κ1) is 7.86. The van der Waals surface area contributed by atoms with E-state index in [-0.39, 0.29) is 0 Å². The maximum atomic E-state index is 2.44. The van der Waals surface area contributed by atoms with E-state index < -0.39 is 0 Å². The van der Waals surface area contributed by atoms with Gasteiger partial charge in [-0.25, -0.2) is 0 Å². The van der Waals surface area contributed by atoms with Crippen molar-refractivity contribution in [2.24, 2.45) is 0 Å². The number of fused-ring (bicyclic) bond motifs is 3. The Labute approximate surface area is 84.4 Å². The lowest BCUT2D eigenvalue weighted by Gasteiger charge is -2.23. The molecule has 70 valence electrons. The molecule has 0 bridgehead atoms. The summed E-state index contributed by atoms with van der Waals surface area (Å²) in [6.45, 7) is 4.33. The van der Waals surface area contributed by atoms with Crippen LogP contribution < -0.4 is 0 Å². The fraction of sp³-hybridized carbons (Fsp3) is 0.231. The second kappa shape index (κ2) is 2.74. The van der Waals surface area contributed by atoms with E-state index in [0.717, 1.165) is 13.1 Å². The first-order valence-electron chi connectivity index (χ1n) is 5.07. The molecular formula is C13H13N. The zero-order valence-electron chi connectivity index (χ0n) is 8.33. The third-order valence-electron chi connectivity index (χ3n) is 3.02. The van der Waals surface area contributed by atoms with E-state index in [1.54, 1.807) is 0 Å². The highest BCUT2D eigenvalue weighted by Crippen LogP contribution is 2.36. The summed E-state index contributed by atoms with van der Waals surface area (Å²) in [5.41, 5.74) is 5.71. The Morgan fingerprint density at radius 3 is 3.00 bits per heavy atom. The lowest BCUT2D eigenvalue weighted by atomic mass is 10.0. The molecule has 0 N–H and O–H groups in total. The molecule has 1 heteroatoms. The van der Waals surface area contributed by atoms with Crippen molar-refractivity contribution in [2.45, 2.75) is 13.5 Å². The predicted octanol–water partition coefficient (Wildman–Crippen LogP) is 2.80. The second-order valence-corrected chi connectivity index (χ2v) is 3.97. The first-order valence-corrected chi connectivity index (χ1v) is 5.07. The molecule has 2 aliphatic rings. The van der Waals surface area contributed by atoms with Crippen LogP contribution in [0.2, 0.25) is 0 Å². The van der Waals surface area contributed by atoms with Gasteiger partial charge >= 0.3 is 0 Å². The maximum absolute atomic E-state index is 2.44. The lowest BCUT2D eigenvalue weighted by Crippen LogP contribution is -2.18. The smallest absolute Gasteiger partial charge is 0.0478 e. The topological polar surface area (TPSA) is 3.24 Å². The average molecular weight is 183 g/mol. The third-order valence-corrected chi connectivity index (χ3v) is 3.02. The van der Waals surface area contributed by atoms with E-state index in [2.05, 4.69) is 48.2 Å². The summed E-state index contributed by atoms with van der Waals surface area (Å²) >= 11 is 0. The van der Waals surface area contributed by atoms with Crippen LogP contribution >= 0.6 is 0 Å². The zero-order chi connectivity index (χ0) is 9.54. The van der Waals surface area contributed by atoms with Gasteiger partial charge in [-0.3, -0.25) is 0 Å². The van der Waals surface area contributed by atoms with Gasteiger partial charge in [0.25, 0.3) is 0 Å². The fourth-order valence-electron chi connectivity index (χ4n) is 2.40. The molecule has 0 spiro atoms. The summed E-state index contributed by atoms with van der Waals surface area (Å²) in [4.78, 5) is 2.44. The number of hydrogen-bond acceptors (Lipinski definition) is 1. The van der Waals surface area contributed by atoms with Crippen LogP contribution in [0, 0.1) is 0 Å². The van der Waals surface area contributed by atoms with Gasteiger partial charge in [-0.15, -0.1) is 0 Å². The van der Waals surface area contributed by atoms with Crippen LogP contribution in [0.4, 0.5) is 0 Å². The van der Waals surface area contributed by atoms with Gasteiger partial charge in [-0.2, -0.15) is 0 Å².